The van der Waals surface area contributed by atoms with Gasteiger partial charge in [-0.25, -0.2) is 13.2 Å². The first kappa shape index (κ1) is 14.5. The fourth-order valence-corrected chi connectivity index (χ4v) is 3.68. The lowest BCUT2D eigenvalue weighted by atomic mass is 10.0. The summed E-state index contributed by atoms with van der Waals surface area (Å²) in [6, 6.07) is 7.45. The van der Waals surface area contributed by atoms with Crippen LogP contribution in [0.25, 0.3) is 0 Å². The Morgan fingerprint density at radius 1 is 1.35 bits per heavy atom. The van der Waals surface area contributed by atoms with Crippen molar-refractivity contribution < 1.29 is 18.3 Å². The first-order valence-electron chi connectivity index (χ1n) is 6.18. The maximum Gasteiger partial charge on any atom is 0.335 e. The minimum atomic E-state index is -3.69. The Bertz CT molecular complexity index is 655. The number of benzene rings is 1. The second-order valence-electron chi connectivity index (χ2n) is 4.64. The lowest BCUT2D eigenvalue weighted by Crippen LogP contribution is -2.38. The van der Waals surface area contributed by atoms with Gasteiger partial charge < -0.3 is 5.11 Å². The van der Waals surface area contributed by atoms with Gasteiger partial charge in [-0.15, -0.1) is 0 Å². The molecule has 1 fully saturated rings. The van der Waals surface area contributed by atoms with Gasteiger partial charge in [0.25, 0.3) is 0 Å². The van der Waals surface area contributed by atoms with Crippen LogP contribution < -0.4 is 0 Å². The summed E-state index contributed by atoms with van der Waals surface area (Å²) in [6.45, 7) is 0.579. The van der Waals surface area contributed by atoms with E-state index in [9.17, 15) is 13.2 Å². The summed E-state index contributed by atoms with van der Waals surface area (Å²) in [5, 5.41) is 17.7. The van der Waals surface area contributed by atoms with E-state index in [-0.39, 0.29) is 29.5 Å². The van der Waals surface area contributed by atoms with Crippen molar-refractivity contribution in [2.75, 3.05) is 13.1 Å². The van der Waals surface area contributed by atoms with Crippen molar-refractivity contribution >= 4 is 16.0 Å². The lowest BCUT2D eigenvalue weighted by Gasteiger charge is -2.28. The van der Waals surface area contributed by atoms with Crippen LogP contribution in [-0.2, 0) is 10.0 Å². The number of hydrogen-bond donors (Lipinski definition) is 1. The van der Waals surface area contributed by atoms with Crippen LogP contribution >= 0.6 is 0 Å². The Morgan fingerprint density at radius 2 is 2.00 bits per heavy atom. The predicted octanol–water partition coefficient (Wildman–Crippen LogP) is 1.31. The molecule has 0 aromatic heterocycles. The molecule has 0 radical (unpaired) electrons. The highest BCUT2D eigenvalue weighted by Crippen LogP contribution is 2.23. The van der Waals surface area contributed by atoms with E-state index in [4.69, 9.17) is 10.4 Å². The number of carboxylic acids is 1. The molecule has 20 heavy (non-hydrogen) atoms. The number of carbonyl (C=O) groups is 1. The molecule has 1 aliphatic rings. The zero-order valence-corrected chi connectivity index (χ0v) is 11.5. The van der Waals surface area contributed by atoms with Crippen LogP contribution in [-0.4, -0.2) is 36.9 Å². The molecule has 0 aliphatic carbocycles. The molecule has 2 rings (SSSR count). The Labute approximate surface area is 117 Å². The van der Waals surface area contributed by atoms with Crippen LogP contribution in [0.5, 0.6) is 0 Å². The third kappa shape index (κ3) is 2.81. The van der Waals surface area contributed by atoms with E-state index in [1.807, 2.05) is 0 Å². The summed E-state index contributed by atoms with van der Waals surface area (Å²) >= 11 is 0. The summed E-state index contributed by atoms with van der Waals surface area (Å²) in [7, 11) is -3.69. The Kier molecular flexibility index (Phi) is 4.06. The van der Waals surface area contributed by atoms with Crippen molar-refractivity contribution in [3.63, 3.8) is 0 Å². The van der Waals surface area contributed by atoms with Gasteiger partial charge in [-0.05, 0) is 31.0 Å². The SMILES string of the molecule is N#CC1CCN(S(=O)(=O)c2cccc(C(=O)O)c2)CC1. The quantitative estimate of drug-likeness (QED) is 0.906. The fraction of sp³-hybridized carbons (Fsp3) is 0.385. The molecule has 1 N–H and O–H groups in total. The Hall–Kier alpha value is -1.91. The highest BCUT2D eigenvalue weighted by molar-refractivity contribution is 7.89. The van der Waals surface area contributed by atoms with Crippen LogP contribution in [0.4, 0.5) is 0 Å². The molecule has 0 atom stereocenters. The molecule has 106 valence electrons. The molecule has 1 saturated heterocycles. The molecular weight excluding hydrogens is 280 g/mol. The molecule has 1 aromatic rings. The van der Waals surface area contributed by atoms with Crippen LogP contribution in [0.1, 0.15) is 23.2 Å². The molecule has 0 spiro atoms. The van der Waals surface area contributed by atoms with E-state index in [2.05, 4.69) is 6.07 Å². The zero-order valence-electron chi connectivity index (χ0n) is 10.7. The third-order valence-electron chi connectivity index (χ3n) is 3.36. The molecular formula is C13H14N2O4S. The summed E-state index contributed by atoms with van der Waals surface area (Å²) in [5.41, 5.74) is -0.0574. The Morgan fingerprint density at radius 3 is 2.55 bits per heavy atom. The molecule has 0 unspecified atom stereocenters. The summed E-state index contributed by atoms with van der Waals surface area (Å²) in [5.74, 6) is -1.27. The molecule has 1 aromatic carbocycles. The van der Waals surface area contributed by atoms with Gasteiger partial charge in [-0.1, -0.05) is 6.07 Å². The molecule has 7 heteroatoms. The second kappa shape index (κ2) is 5.61. The van der Waals surface area contributed by atoms with Crippen molar-refractivity contribution in [1.82, 2.24) is 4.31 Å². The van der Waals surface area contributed by atoms with E-state index in [1.54, 1.807) is 0 Å². The number of nitriles is 1. The van der Waals surface area contributed by atoms with Crippen LogP contribution in [0.3, 0.4) is 0 Å². The average molecular weight is 294 g/mol. The van der Waals surface area contributed by atoms with E-state index in [0.717, 1.165) is 6.07 Å². The van der Waals surface area contributed by atoms with E-state index in [0.29, 0.717) is 12.8 Å². The fourth-order valence-electron chi connectivity index (χ4n) is 2.16. The van der Waals surface area contributed by atoms with Gasteiger partial charge in [-0.2, -0.15) is 9.57 Å². The van der Waals surface area contributed by atoms with E-state index >= 15 is 0 Å². The van der Waals surface area contributed by atoms with E-state index in [1.165, 1.54) is 22.5 Å². The molecule has 1 heterocycles. The number of nitrogens with zero attached hydrogens (tertiary/aromatic N) is 2. The summed E-state index contributed by atoms with van der Waals surface area (Å²) < 4.78 is 26.1. The minimum Gasteiger partial charge on any atom is -0.478 e. The van der Waals surface area contributed by atoms with Gasteiger partial charge in [0.15, 0.2) is 0 Å². The largest absolute Gasteiger partial charge is 0.478 e. The van der Waals surface area contributed by atoms with Crippen molar-refractivity contribution in [2.45, 2.75) is 17.7 Å². The van der Waals surface area contributed by atoms with Crippen LogP contribution in [0.15, 0.2) is 29.2 Å². The lowest BCUT2D eigenvalue weighted by molar-refractivity contribution is 0.0696. The number of piperidine rings is 1. The van der Waals surface area contributed by atoms with Crippen molar-refractivity contribution in [2.24, 2.45) is 5.92 Å². The van der Waals surface area contributed by atoms with Crippen molar-refractivity contribution in [1.29, 1.82) is 5.26 Å². The van der Waals surface area contributed by atoms with Gasteiger partial charge in [0, 0.05) is 19.0 Å². The first-order chi connectivity index (χ1) is 9.45. The van der Waals surface area contributed by atoms with Crippen LogP contribution in [0, 0.1) is 17.2 Å². The van der Waals surface area contributed by atoms with Crippen molar-refractivity contribution in [3.8, 4) is 6.07 Å². The second-order valence-corrected chi connectivity index (χ2v) is 6.58. The van der Waals surface area contributed by atoms with Gasteiger partial charge in [0.2, 0.25) is 10.0 Å². The topological polar surface area (TPSA) is 98.5 Å². The van der Waals surface area contributed by atoms with Crippen LogP contribution in [0.2, 0.25) is 0 Å². The normalized spacial score (nSPS) is 17.6. The number of rotatable bonds is 3. The van der Waals surface area contributed by atoms with Crippen molar-refractivity contribution in [3.05, 3.63) is 29.8 Å². The zero-order chi connectivity index (χ0) is 14.8. The van der Waals surface area contributed by atoms with Gasteiger partial charge in [0.05, 0.1) is 16.5 Å². The number of carboxylic acid groups (broad SMARTS) is 1. The standard InChI is InChI=1S/C13H14N2O4S/c14-9-10-4-6-15(7-5-10)20(18,19)12-3-1-2-11(8-12)13(16)17/h1-3,8,10H,4-7H2,(H,16,17). The maximum absolute atomic E-state index is 12.4. The highest BCUT2D eigenvalue weighted by Gasteiger charge is 2.29. The van der Waals surface area contributed by atoms with Gasteiger partial charge in [0.1, 0.15) is 0 Å². The van der Waals surface area contributed by atoms with Gasteiger partial charge in [-0.3, -0.25) is 0 Å². The average Bonchev–Trinajstić information content (AvgIpc) is 2.47. The monoisotopic (exact) mass is 294 g/mol. The molecule has 0 bridgehead atoms. The predicted molar refractivity (Wildman–Crippen MR) is 70.5 cm³/mol. The highest BCUT2D eigenvalue weighted by atomic mass is 32.2. The number of aromatic carboxylic acids is 1. The molecule has 0 amide bonds. The molecule has 1 aliphatic heterocycles. The maximum atomic E-state index is 12.4. The smallest absolute Gasteiger partial charge is 0.335 e. The number of hydrogen-bond acceptors (Lipinski definition) is 4. The van der Waals surface area contributed by atoms with E-state index < -0.39 is 16.0 Å². The molecule has 0 saturated carbocycles. The minimum absolute atomic E-state index is 0.0205. The Balaban J connectivity index is 2.25. The first-order valence-corrected chi connectivity index (χ1v) is 7.62. The molecule has 6 nitrogen and oxygen atoms in total. The summed E-state index contributed by atoms with van der Waals surface area (Å²) in [4.78, 5) is 10.9. The third-order valence-corrected chi connectivity index (χ3v) is 5.25. The number of sulfonamides is 1. The van der Waals surface area contributed by atoms with Gasteiger partial charge >= 0.3 is 5.97 Å². The summed E-state index contributed by atoms with van der Waals surface area (Å²) in [6.07, 6.45) is 1.02.